The van der Waals surface area contributed by atoms with E-state index in [-0.39, 0.29) is 17.7 Å². The highest BCUT2D eigenvalue weighted by Gasteiger charge is 2.33. The number of aliphatic imine (C=N–C) groups is 2. The van der Waals surface area contributed by atoms with Gasteiger partial charge >= 0.3 is 0 Å². The van der Waals surface area contributed by atoms with Crippen LogP contribution in [0.25, 0.3) is 11.6 Å². The van der Waals surface area contributed by atoms with Crippen LogP contribution in [0.2, 0.25) is 0 Å². The first-order valence-corrected chi connectivity index (χ1v) is 13.4. The summed E-state index contributed by atoms with van der Waals surface area (Å²) in [5.74, 6) is 0.527. The fourth-order valence-corrected chi connectivity index (χ4v) is 4.45. The third kappa shape index (κ3) is 9.62. The van der Waals surface area contributed by atoms with Crippen LogP contribution in [0, 0.1) is 18.8 Å². The van der Waals surface area contributed by atoms with Gasteiger partial charge in [-0.2, -0.15) is 0 Å². The second-order valence-electron chi connectivity index (χ2n) is 9.63. The van der Waals surface area contributed by atoms with Crippen molar-refractivity contribution in [1.82, 2.24) is 15.2 Å². The fraction of sp³-hybridized carbons (Fsp3) is 0.621. The highest BCUT2D eigenvalue weighted by atomic mass is 16.5. The molecule has 1 aliphatic heterocycles. The lowest BCUT2D eigenvalue weighted by Gasteiger charge is -2.21. The van der Waals surface area contributed by atoms with Crippen LogP contribution in [0.15, 0.2) is 27.8 Å². The maximum Gasteiger partial charge on any atom is 0.222 e. The van der Waals surface area contributed by atoms with E-state index in [1.807, 2.05) is 20.2 Å². The third-order valence-electron chi connectivity index (χ3n) is 6.89. The number of nitrogens with one attached hydrogen (secondary N) is 2. The molecule has 0 saturated heterocycles. The number of carbonyl (C=O) groups excluding carboxylic acids is 1. The van der Waals surface area contributed by atoms with Crippen LogP contribution in [0.3, 0.4) is 0 Å². The van der Waals surface area contributed by atoms with Crippen LogP contribution < -0.4 is 16.0 Å². The van der Waals surface area contributed by atoms with Crippen molar-refractivity contribution in [3.63, 3.8) is 0 Å². The Labute approximate surface area is 227 Å². The van der Waals surface area contributed by atoms with E-state index >= 15 is 0 Å². The molecule has 38 heavy (non-hydrogen) atoms. The molecule has 1 aliphatic rings. The number of H-pyrrole nitrogens is 1. The maximum atomic E-state index is 12.9. The van der Waals surface area contributed by atoms with Gasteiger partial charge in [0, 0.05) is 80.9 Å². The van der Waals surface area contributed by atoms with Gasteiger partial charge in [0.05, 0.1) is 33.0 Å². The Kier molecular flexibility index (Phi) is 14.2. The fourth-order valence-electron chi connectivity index (χ4n) is 4.45. The van der Waals surface area contributed by atoms with Crippen LogP contribution >= 0.6 is 0 Å². The zero-order chi connectivity index (χ0) is 27.9. The van der Waals surface area contributed by atoms with E-state index in [2.05, 4.69) is 48.2 Å². The van der Waals surface area contributed by atoms with Crippen molar-refractivity contribution in [3.05, 3.63) is 34.1 Å². The lowest BCUT2D eigenvalue weighted by Crippen LogP contribution is -2.31. The molecule has 9 heteroatoms. The minimum absolute atomic E-state index is 0.119. The average molecular weight is 530 g/mol. The molecule has 212 valence electrons. The molecule has 0 radical (unpaired) electrons. The predicted molar refractivity (Wildman–Crippen MR) is 155 cm³/mol. The van der Waals surface area contributed by atoms with Gasteiger partial charge in [-0.25, -0.2) is 0 Å². The second-order valence-corrected chi connectivity index (χ2v) is 9.63. The largest absolute Gasteiger partial charge is 0.382 e. The van der Waals surface area contributed by atoms with Crippen LogP contribution in [-0.2, 0) is 19.0 Å². The van der Waals surface area contributed by atoms with Gasteiger partial charge in [-0.3, -0.25) is 14.8 Å². The highest BCUT2D eigenvalue weighted by Crippen LogP contribution is 2.36. The molecule has 0 saturated carbocycles. The maximum absolute atomic E-state index is 12.9. The van der Waals surface area contributed by atoms with E-state index in [1.165, 1.54) is 0 Å². The van der Waals surface area contributed by atoms with Gasteiger partial charge in [0.25, 0.3) is 0 Å². The molecular weight excluding hydrogens is 482 g/mol. The van der Waals surface area contributed by atoms with E-state index in [1.54, 1.807) is 25.3 Å². The summed E-state index contributed by atoms with van der Waals surface area (Å²) in [5, 5.41) is 5.27. The molecule has 1 aromatic rings. The summed E-state index contributed by atoms with van der Waals surface area (Å²) in [4.78, 5) is 27.3. The van der Waals surface area contributed by atoms with Crippen molar-refractivity contribution in [2.45, 2.75) is 33.6 Å². The molecule has 0 aromatic carbocycles. The van der Waals surface area contributed by atoms with Crippen molar-refractivity contribution in [2.75, 3.05) is 74.4 Å². The highest BCUT2D eigenvalue weighted by molar-refractivity contribution is 6.20. The first kappa shape index (κ1) is 31.6. The number of aromatic nitrogens is 1. The van der Waals surface area contributed by atoms with Crippen molar-refractivity contribution in [3.8, 4) is 0 Å². The standard InChI is InChI=1S/C29H47N5O4/c1-21-20-27(32-25(21)10-12-30-4)23(3)29-24(22(2)26(33-29)11-13-31-5)8-9-28(35)34(6)14-15-37-18-19-38-17-16-36-7/h10-12,20,22,24,31-32H,8-9,13-19H2,1-7H3/b25-10-,26-11-,27-23-,30-12?/t22-,24-/m0/s1. The number of methoxy groups -OCH3 is 1. The SMILES string of the molecule is CN=C/C=c1\[nH]/c(=C(/C)C2=N/C(=C\CNC)[C@@H](C)[C@@H]2CCC(=O)N(C)CCOCCOCCOC)cc1C. The summed E-state index contributed by atoms with van der Waals surface area (Å²) >= 11 is 0. The minimum Gasteiger partial charge on any atom is -0.382 e. The molecule has 0 fully saturated rings. The van der Waals surface area contributed by atoms with Crippen molar-refractivity contribution in [1.29, 1.82) is 0 Å². The summed E-state index contributed by atoms with van der Waals surface area (Å²) < 4.78 is 15.9. The number of ether oxygens (including phenoxy) is 3. The topological polar surface area (TPSA) is 101 Å². The molecule has 9 nitrogen and oxygen atoms in total. The van der Waals surface area contributed by atoms with Gasteiger partial charge in [-0.05, 0) is 56.7 Å². The third-order valence-corrected chi connectivity index (χ3v) is 6.89. The summed E-state index contributed by atoms with van der Waals surface area (Å²) in [7, 11) is 7.18. The molecule has 2 rings (SSSR count). The molecule has 0 aliphatic carbocycles. The minimum atomic E-state index is 0.119. The molecule has 2 atom stereocenters. The number of amides is 1. The molecule has 0 bridgehead atoms. The Hall–Kier alpha value is -2.59. The monoisotopic (exact) mass is 529 g/mol. The summed E-state index contributed by atoms with van der Waals surface area (Å²) in [6.45, 7) is 10.4. The molecule has 2 N–H and O–H groups in total. The smallest absolute Gasteiger partial charge is 0.222 e. The number of aromatic amines is 1. The van der Waals surface area contributed by atoms with E-state index in [0.29, 0.717) is 46.0 Å². The number of aryl methyl sites for hydroxylation is 1. The summed E-state index contributed by atoms with van der Waals surface area (Å²) in [5.41, 5.74) is 4.42. The van der Waals surface area contributed by atoms with Gasteiger partial charge in [-0.1, -0.05) is 6.92 Å². The van der Waals surface area contributed by atoms with Gasteiger partial charge in [0.15, 0.2) is 0 Å². The molecule has 0 spiro atoms. The zero-order valence-electron chi connectivity index (χ0n) is 24.3. The average Bonchev–Trinajstić information content (AvgIpc) is 3.44. The molecular formula is C29H47N5O4. The van der Waals surface area contributed by atoms with Gasteiger partial charge in [0.2, 0.25) is 5.91 Å². The number of likely N-dealkylation sites (N-methyl/N-ethyl adjacent to an activating group) is 2. The van der Waals surface area contributed by atoms with E-state index in [4.69, 9.17) is 19.2 Å². The van der Waals surface area contributed by atoms with E-state index in [9.17, 15) is 4.79 Å². The number of hydrogen-bond donors (Lipinski definition) is 2. The summed E-state index contributed by atoms with van der Waals surface area (Å²) in [6.07, 6.45) is 7.13. The van der Waals surface area contributed by atoms with Crippen LogP contribution in [0.4, 0.5) is 0 Å². The van der Waals surface area contributed by atoms with E-state index in [0.717, 1.165) is 46.2 Å². The molecule has 1 aromatic heterocycles. The van der Waals surface area contributed by atoms with Gasteiger partial charge in [-0.15, -0.1) is 0 Å². The van der Waals surface area contributed by atoms with Crippen LogP contribution in [0.1, 0.15) is 32.3 Å². The van der Waals surface area contributed by atoms with Crippen LogP contribution in [-0.4, -0.2) is 102 Å². The Morgan fingerprint density at radius 1 is 1.24 bits per heavy atom. The van der Waals surface area contributed by atoms with E-state index < -0.39 is 0 Å². The Balaban J connectivity index is 2.06. The first-order valence-electron chi connectivity index (χ1n) is 13.4. The lowest BCUT2D eigenvalue weighted by atomic mass is 9.84. The van der Waals surface area contributed by atoms with Gasteiger partial charge < -0.3 is 29.4 Å². The van der Waals surface area contributed by atoms with Crippen molar-refractivity contribution < 1.29 is 19.0 Å². The molecule has 1 amide bonds. The number of allylic oxidation sites excluding steroid dienone is 1. The van der Waals surface area contributed by atoms with Crippen molar-refractivity contribution in [2.24, 2.45) is 21.8 Å². The van der Waals surface area contributed by atoms with Crippen molar-refractivity contribution >= 4 is 29.5 Å². The van der Waals surface area contributed by atoms with Crippen LogP contribution in [0.5, 0.6) is 0 Å². The zero-order valence-corrected chi connectivity index (χ0v) is 24.3. The number of nitrogens with zero attached hydrogens (tertiary/aromatic N) is 3. The van der Waals surface area contributed by atoms with Gasteiger partial charge in [0.1, 0.15) is 0 Å². The normalized spacial score (nSPS) is 20.0. The first-order chi connectivity index (χ1) is 18.3. The lowest BCUT2D eigenvalue weighted by molar-refractivity contribution is -0.130. The molecule has 2 heterocycles. The second kappa shape index (κ2) is 17.1. The molecule has 0 unspecified atom stereocenters. The number of rotatable bonds is 16. The Morgan fingerprint density at radius 2 is 1.95 bits per heavy atom. The predicted octanol–water partition coefficient (Wildman–Crippen LogP) is 1.70. The Bertz CT molecular complexity index is 1090. The number of hydrogen-bond acceptors (Lipinski definition) is 7. The number of carbonyl (C=O) groups is 1. The Morgan fingerprint density at radius 3 is 2.63 bits per heavy atom. The summed E-state index contributed by atoms with van der Waals surface area (Å²) in [6, 6.07) is 2.16. The quantitative estimate of drug-likeness (QED) is 0.251.